The maximum atomic E-state index is 12.0. The van der Waals surface area contributed by atoms with E-state index in [1.807, 2.05) is 69.3 Å². The van der Waals surface area contributed by atoms with Crippen molar-refractivity contribution in [2.75, 3.05) is 5.32 Å². The monoisotopic (exact) mass is 379 g/mol. The predicted octanol–water partition coefficient (Wildman–Crippen LogP) is 5.56. The number of nitrogens with zero attached hydrogens (tertiary/aromatic N) is 1. The number of rotatable bonds is 4. The second kappa shape index (κ2) is 7.80. The van der Waals surface area contributed by atoms with Crippen molar-refractivity contribution in [2.24, 2.45) is 0 Å². The molecule has 0 saturated carbocycles. The van der Waals surface area contributed by atoms with Crippen LogP contribution >= 0.6 is 11.6 Å². The van der Waals surface area contributed by atoms with E-state index in [0.717, 1.165) is 27.8 Å². The standard InChI is InChI=1S/C22H22ClN3O/c1-22(2,3)26-21(27)10-7-15-5-4-6-17(13-15)25-19-11-12-24-20-14-16(23)8-9-18(19)20/h4-14H,1-3H3,(H,24,25)(H,26,27)/b10-7+. The van der Waals surface area contributed by atoms with Crippen LogP contribution in [0.2, 0.25) is 5.02 Å². The summed E-state index contributed by atoms with van der Waals surface area (Å²) in [5, 5.41) is 7.98. The number of hydrogen-bond donors (Lipinski definition) is 2. The quantitative estimate of drug-likeness (QED) is 0.583. The minimum atomic E-state index is -0.254. The van der Waals surface area contributed by atoms with Gasteiger partial charge in [-0.25, -0.2) is 0 Å². The first-order valence-corrected chi connectivity index (χ1v) is 9.09. The van der Waals surface area contributed by atoms with E-state index in [4.69, 9.17) is 11.6 Å². The zero-order valence-electron chi connectivity index (χ0n) is 15.6. The van der Waals surface area contributed by atoms with Crippen molar-refractivity contribution < 1.29 is 4.79 Å². The summed E-state index contributed by atoms with van der Waals surface area (Å²) < 4.78 is 0. The number of carbonyl (C=O) groups excluding carboxylic acids is 1. The Hall–Kier alpha value is -2.85. The molecule has 0 aliphatic rings. The highest BCUT2D eigenvalue weighted by Crippen LogP contribution is 2.27. The summed E-state index contributed by atoms with van der Waals surface area (Å²) in [5.41, 5.74) is 3.39. The maximum Gasteiger partial charge on any atom is 0.244 e. The molecule has 0 unspecified atom stereocenters. The highest BCUT2D eigenvalue weighted by molar-refractivity contribution is 6.31. The number of carbonyl (C=O) groups is 1. The third-order valence-corrected chi connectivity index (χ3v) is 4.03. The molecular weight excluding hydrogens is 358 g/mol. The number of fused-ring (bicyclic) bond motifs is 1. The van der Waals surface area contributed by atoms with Crippen LogP contribution in [0, 0.1) is 0 Å². The van der Waals surface area contributed by atoms with Crippen molar-refractivity contribution in [1.82, 2.24) is 10.3 Å². The molecule has 1 amide bonds. The van der Waals surface area contributed by atoms with Crippen LogP contribution in [0.5, 0.6) is 0 Å². The predicted molar refractivity (Wildman–Crippen MR) is 113 cm³/mol. The zero-order chi connectivity index (χ0) is 19.4. The van der Waals surface area contributed by atoms with Crippen LogP contribution < -0.4 is 10.6 Å². The van der Waals surface area contributed by atoms with Gasteiger partial charge in [-0.1, -0.05) is 23.7 Å². The van der Waals surface area contributed by atoms with Gasteiger partial charge in [0.25, 0.3) is 0 Å². The highest BCUT2D eigenvalue weighted by atomic mass is 35.5. The minimum Gasteiger partial charge on any atom is -0.355 e. The first kappa shape index (κ1) is 18.9. The number of benzene rings is 2. The van der Waals surface area contributed by atoms with Gasteiger partial charge in [-0.15, -0.1) is 0 Å². The topological polar surface area (TPSA) is 54.0 Å². The van der Waals surface area contributed by atoms with E-state index < -0.39 is 0 Å². The first-order chi connectivity index (χ1) is 12.8. The van der Waals surface area contributed by atoms with E-state index in [-0.39, 0.29) is 11.4 Å². The molecule has 2 N–H and O–H groups in total. The number of nitrogens with one attached hydrogen (secondary N) is 2. The van der Waals surface area contributed by atoms with Crippen molar-refractivity contribution in [3.63, 3.8) is 0 Å². The highest BCUT2D eigenvalue weighted by Gasteiger charge is 2.11. The number of halogens is 1. The Kier molecular flexibility index (Phi) is 5.47. The molecule has 0 aliphatic carbocycles. The number of pyridine rings is 1. The maximum absolute atomic E-state index is 12.0. The van der Waals surface area contributed by atoms with Crippen LogP contribution in [-0.2, 0) is 4.79 Å². The van der Waals surface area contributed by atoms with Gasteiger partial charge in [0.1, 0.15) is 0 Å². The number of amides is 1. The second-order valence-electron chi connectivity index (χ2n) is 7.34. The van der Waals surface area contributed by atoms with Gasteiger partial charge < -0.3 is 10.6 Å². The third-order valence-electron chi connectivity index (χ3n) is 3.80. The third kappa shape index (κ3) is 5.31. The van der Waals surface area contributed by atoms with Crippen LogP contribution in [0.1, 0.15) is 26.3 Å². The first-order valence-electron chi connectivity index (χ1n) is 8.72. The molecule has 5 heteroatoms. The van der Waals surface area contributed by atoms with Crippen molar-refractivity contribution in [3.05, 3.63) is 71.4 Å². The molecule has 27 heavy (non-hydrogen) atoms. The summed E-state index contributed by atoms with van der Waals surface area (Å²) in [5.74, 6) is -0.113. The Bertz CT molecular complexity index is 1010. The Morgan fingerprint density at radius 3 is 2.70 bits per heavy atom. The SMILES string of the molecule is CC(C)(C)NC(=O)/C=C/c1cccc(Nc2ccnc3cc(Cl)ccc23)c1. The second-order valence-corrected chi connectivity index (χ2v) is 7.78. The number of aromatic nitrogens is 1. The average Bonchev–Trinajstić information content (AvgIpc) is 2.59. The van der Waals surface area contributed by atoms with Crippen LogP contribution in [-0.4, -0.2) is 16.4 Å². The van der Waals surface area contributed by atoms with Crippen LogP contribution in [0.3, 0.4) is 0 Å². The van der Waals surface area contributed by atoms with Crippen LogP contribution in [0.4, 0.5) is 11.4 Å². The molecule has 0 saturated heterocycles. The van der Waals surface area contributed by atoms with E-state index in [2.05, 4.69) is 15.6 Å². The molecule has 3 aromatic rings. The van der Waals surface area contributed by atoms with Gasteiger partial charge in [0.05, 0.1) is 5.52 Å². The molecule has 3 rings (SSSR count). The summed E-state index contributed by atoms with van der Waals surface area (Å²) in [6.45, 7) is 5.86. The normalized spacial score (nSPS) is 11.7. The Morgan fingerprint density at radius 2 is 1.93 bits per heavy atom. The van der Waals surface area contributed by atoms with Gasteiger partial charge in [0.15, 0.2) is 0 Å². The summed E-state index contributed by atoms with van der Waals surface area (Å²) in [6.07, 6.45) is 5.10. The van der Waals surface area contributed by atoms with Gasteiger partial charge in [-0.3, -0.25) is 9.78 Å². The Morgan fingerprint density at radius 1 is 1.11 bits per heavy atom. The Balaban J connectivity index is 1.80. The van der Waals surface area contributed by atoms with Crippen molar-refractivity contribution in [3.8, 4) is 0 Å². The van der Waals surface area contributed by atoms with E-state index in [0.29, 0.717) is 5.02 Å². The van der Waals surface area contributed by atoms with Crippen molar-refractivity contribution >= 4 is 45.9 Å². The van der Waals surface area contributed by atoms with Gasteiger partial charge in [-0.2, -0.15) is 0 Å². The average molecular weight is 380 g/mol. The van der Waals surface area contributed by atoms with E-state index >= 15 is 0 Å². The molecule has 0 fully saturated rings. The minimum absolute atomic E-state index is 0.113. The fraction of sp³-hybridized carbons (Fsp3) is 0.182. The summed E-state index contributed by atoms with van der Waals surface area (Å²) >= 11 is 6.05. The number of anilines is 2. The molecule has 1 aromatic heterocycles. The molecular formula is C22H22ClN3O. The molecule has 0 atom stereocenters. The van der Waals surface area contributed by atoms with E-state index in [1.165, 1.54) is 0 Å². The smallest absolute Gasteiger partial charge is 0.244 e. The lowest BCUT2D eigenvalue weighted by Crippen LogP contribution is -2.39. The molecule has 2 aromatic carbocycles. The Labute approximate surface area is 164 Å². The van der Waals surface area contributed by atoms with Crippen molar-refractivity contribution in [1.29, 1.82) is 0 Å². The lowest BCUT2D eigenvalue weighted by molar-refractivity contribution is -0.117. The largest absolute Gasteiger partial charge is 0.355 e. The molecule has 0 spiro atoms. The van der Waals surface area contributed by atoms with E-state index in [1.54, 1.807) is 18.3 Å². The fourth-order valence-electron chi connectivity index (χ4n) is 2.69. The fourth-order valence-corrected chi connectivity index (χ4v) is 2.86. The molecule has 4 nitrogen and oxygen atoms in total. The lowest BCUT2D eigenvalue weighted by Gasteiger charge is -2.18. The zero-order valence-corrected chi connectivity index (χ0v) is 16.3. The van der Waals surface area contributed by atoms with Gasteiger partial charge >= 0.3 is 0 Å². The summed E-state index contributed by atoms with van der Waals surface area (Å²) in [6, 6.07) is 15.4. The van der Waals surface area contributed by atoms with Crippen LogP contribution in [0.15, 0.2) is 60.8 Å². The molecule has 0 bridgehead atoms. The van der Waals surface area contributed by atoms with Gasteiger partial charge in [0, 0.05) is 39.6 Å². The van der Waals surface area contributed by atoms with Crippen LogP contribution in [0.25, 0.3) is 17.0 Å². The molecule has 1 heterocycles. The summed E-state index contributed by atoms with van der Waals surface area (Å²) in [7, 11) is 0. The van der Waals surface area contributed by atoms with Gasteiger partial charge in [0.2, 0.25) is 5.91 Å². The lowest BCUT2D eigenvalue weighted by atomic mass is 10.1. The molecule has 0 radical (unpaired) electrons. The van der Waals surface area contributed by atoms with Crippen molar-refractivity contribution in [2.45, 2.75) is 26.3 Å². The number of hydrogen-bond acceptors (Lipinski definition) is 3. The molecule has 138 valence electrons. The molecule has 0 aliphatic heterocycles. The van der Waals surface area contributed by atoms with Gasteiger partial charge in [-0.05, 0) is 68.8 Å². The van der Waals surface area contributed by atoms with E-state index in [9.17, 15) is 4.79 Å². The summed E-state index contributed by atoms with van der Waals surface area (Å²) in [4.78, 5) is 16.3.